The van der Waals surface area contributed by atoms with Gasteiger partial charge in [0.2, 0.25) is 0 Å². The molecule has 1 heterocycles. The van der Waals surface area contributed by atoms with Crippen molar-refractivity contribution in [1.29, 1.82) is 0 Å². The Morgan fingerprint density at radius 1 is 1.28 bits per heavy atom. The van der Waals surface area contributed by atoms with Crippen molar-refractivity contribution in [2.75, 3.05) is 7.11 Å². The Hall–Kier alpha value is -0.780. The molecule has 1 N–H and O–H groups in total. The van der Waals surface area contributed by atoms with E-state index in [-0.39, 0.29) is 0 Å². The van der Waals surface area contributed by atoms with Crippen LogP contribution in [0.5, 0.6) is 5.75 Å². The maximum absolute atomic E-state index is 5.39. The van der Waals surface area contributed by atoms with E-state index in [1.165, 1.54) is 0 Å². The highest BCUT2D eigenvalue weighted by molar-refractivity contribution is 9.11. The van der Waals surface area contributed by atoms with E-state index in [1.54, 1.807) is 19.6 Å². The lowest BCUT2D eigenvalue weighted by atomic mass is 10.2. The smallest absolute Gasteiger partial charge is 0.137 e. The van der Waals surface area contributed by atoms with Crippen LogP contribution in [0.4, 0.5) is 0 Å². The molecule has 0 aliphatic rings. The van der Waals surface area contributed by atoms with Crippen molar-refractivity contribution in [3.63, 3.8) is 0 Å². The minimum Gasteiger partial charge on any atom is -0.495 e. The maximum Gasteiger partial charge on any atom is 0.137 e. The minimum atomic E-state index is 0.729. The molecule has 0 saturated carbocycles. The summed E-state index contributed by atoms with van der Waals surface area (Å²) in [6.07, 6.45) is 3.41. The summed E-state index contributed by atoms with van der Waals surface area (Å²) >= 11 is 6.97. The molecular formula is C13H13Br2NO2. The van der Waals surface area contributed by atoms with Gasteiger partial charge in [0, 0.05) is 28.7 Å². The number of hydrogen-bond donors (Lipinski definition) is 1. The molecule has 5 heteroatoms. The molecule has 0 aliphatic carbocycles. The van der Waals surface area contributed by atoms with Gasteiger partial charge in [-0.2, -0.15) is 0 Å². The molecule has 0 spiro atoms. The maximum atomic E-state index is 5.39. The molecule has 2 rings (SSSR count). The second-order valence-corrected chi connectivity index (χ2v) is 5.59. The average molecular weight is 375 g/mol. The molecule has 0 saturated heterocycles. The number of nitrogens with one attached hydrogen (secondary N) is 1. The Bertz CT molecular complexity index is 512. The van der Waals surface area contributed by atoms with Crippen LogP contribution in [0.1, 0.15) is 11.1 Å². The normalized spacial score (nSPS) is 10.6. The number of ether oxygens (including phenoxy) is 1. The van der Waals surface area contributed by atoms with Gasteiger partial charge in [0.15, 0.2) is 0 Å². The lowest BCUT2D eigenvalue weighted by Crippen LogP contribution is -2.13. The molecule has 18 heavy (non-hydrogen) atoms. The van der Waals surface area contributed by atoms with Gasteiger partial charge < -0.3 is 14.5 Å². The van der Waals surface area contributed by atoms with E-state index in [0.717, 1.165) is 38.9 Å². The van der Waals surface area contributed by atoms with Crippen LogP contribution in [-0.2, 0) is 13.1 Å². The first-order valence-electron chi connectivity index (χ1n) is 5.44. The molecular weight excluding hydrogens is 362 g/mol. The molecule has 0 amide bonds. The van der Waals surface area contributed by atoms with Crippen LogP contribution in [0.15, 0.2) is 44.1 Å². The molecule has 0 bridgehead atoms. The van der Waals surface area contributed by atoms with Crippen LogP contribution >= 0.6 is 31.9 Å². The number of hydrogen-bond acceptors (Lipinski definition) is 3. The zero-order valence-corrected chi connectivity index (χ0v) is 13.0. The summed E-state index contributed by atoms with van der Waals surface area (Å²) in [7, 11) is 1.67. The van der Waals surface area contributed by atoms with E-state index in [4.69, 9.17) is 9.15 Å². The highest BCUT2D eigenvalue weighted by Gasteiger charge is 2.08. The molecule has 0 aliphatic heterocycles. The van der Waals surface area contributed by atoms with Gasteiger partial charge in [-0.3, -0.25) is 0 Å². The highest BCUT2D eigenvalue weighted by Crippen LogP contribution is 2.32. The molecule has 3 nitrogen and oxygen atoms in total. The number of furan rings is 1. The van der Waals surface area contributed by atoms with Crippen LogP contribution < -0.4 is 10.1 Å². The van der Waals surface area contributed by atoms with Gasteiger partial charge >= 0.3 is 0 Å². The Labute approximate surface area is 123 Å². The van der Waals surface area contributed by atoms with E-state index in [0.29, 0.717) is 0 Å². The van der Waals surface area contributed by atoms with Gasteiger partial charge in [0.1, 0.15) is 5.75 Å². The molecule has 1 aromatic carbocycles. The Morgan fingerprint density at radius 2 is 2.11 bits per heavy atom. The summed E-state index contributed by atoms with van der Waals surface area (Å²) in [5, 5.41) is 3.35. The molecule has 0 fully saturated rings. The third-order valence-corrected chi connectivity index (χ3v) is 3.56. The van der Waals surface area contributed by atoms with Crippen molar-refractivity contribution < 1.29 is 9.15 Å². The second-order valence-electron chi connectivity index (χ2n) is 3.82. The summed E-state index contributed by atoms with van der Waals surface area (Å²) in [4.78, 5) is 0. The number of rotatable bonds is 5. The fourth-order valence-electron chi connectivity index (χ4n) is 1.71. The molecule has 0 atom stereocenters. The molecule has 1 aromatic heterocycles. The lowest BCUT2D eigenvalue weighted by Gasteiger charge is -2.12. The third-order valence-electron chi connectivity index (χ3n) is 2.51. The molecule has 96 valence electrons. The van der Waals surface area contributed by atoms with Gasteiger partial charge in [-0.15, -0.1) is 0 Å². The zero-order valence-electron chi connectivity index (χ0n) is 9.87. The average Bonchev–Trinajstić information content (AvgIpc) is 2.81. The minimum absolute atomic E-state index is 0.729. The van der Waals surface area contributed by atoms with Crippen LogP contribution in [0, 0.1) is 0 Å². The van der Waals surface area contributed by atoms with E-state index in [1.807, 2.05) is 18.2 Å². The van der Waals surface area contributed by atoms with Crippen molar-refractivity contribution in [2.24, 2.45) is 0 Å². The van der Waals surface area contributed by atoms with Crippen molar-refractivity contribution >= 4 is 31.9 Å². The predicted molar refractivity (Wildman–Crippen MR) is 77.6 cm³/mol. The summed E-state index contributed by atoms with van der Waals surface area (Å²) in [5.74, 6) is 0.859. The summed E-state index contributed by atoms with van der Waals surface area (Å²) in [6, 6.07) is 5.96. The molecule has 2 aromatic rings. The topological polar surface area (TPSA) is 34.4 Å². The first-order chi connectivity index (χ1) is 8.70. The largest absolute Gasteiger partial charge is 0.495 e. The third kappa shape index (κ3) is 3.37. The number of benzene rings is 1. The molecule has 0 unspecified atom stereocenters. The predicted octanol–water partition coefficient (Wildman–Crippen LogP) is 4.10. The quantitative estimate of drug-likeness (QED) is 0.855. The Balaban J connectivity index is 2.04. The summed E-state index contributed by atoms with van der Waals surface area (Å²) < 4.78 is 12.4. The van der Waals surface area contributed by atoms with Crippen molar-refractivity contribution in [3.8, 4) is 5.75 Å². The van der Waals surface area contributed by atoms with Crippen molar-refractivity contribution in [2.45, 2.75) is 13.1 Å². The first-order valence-corrected chi connectivity index (χ1v) is 7.03. The zero-order chi connectivity index (χ0) is 13.0. The first kappa shape index (κ1) is 13.6. The van der Waals surface area contributed by atoms with Gasteiger partial charge in [-0.25, -0.2) is 0 Å². The van der Waals surface area contributed by atoms with E-state index in [9.17, 15) is 0 Å². The van der Waals surface area contributed by atoms with Crippen molar-refractivity contribution in [3.05, 3.63) is 50.8 Å². The van der Waals surface area contributed by atoms with Gasteiger partial charge in [0.25, 0.3) is 0 Å². The summed E-state index contributed by atoms with van der Waals surface area (Å²) in [6.45, 7) is 1.50. The Kier molecular flexibility index (Phi) is 4.86. The van der Waals surface area contributed by atoms with Crippen LogP contribution in [0.2, 0.25) is 0 Å². The van der Waals surface area contributed by atoms with Crippen molar-refractivity contribution in [1.82, 2.24) is 5.32 Å². The second kappa shape index (κ2) is 6.41. The van der Waals surface area contributed by atoms with Crippen LogP contribution in [0.3, 0.4) is 0 Å². The molecule has 0 radical (unpaired) electrons. The SMILES string of the molecule is COc1c(Br)cc(Br)cc1CNCc1ccoc1. The number of methoxy groups -OCH3 is 1. The number of halogens is 2. The van der Waals surface area contributed by atoms with Gasteiger partial charge in [-0.1, -0.05) is 15.9 Å². The monoisotopic (exact) mass is 373 g/mol. The lowest BCUT2D eigenvalue weighted by molar-refractivity contribution is 0.405. The van der Waals surface area contributed by atoms with E-state index in [2.05, 4.69) is 37.2 Å². The Morgan fingerprint density at radius 3 is 2.78 bits per heavy atom. The fourth-order valence-corrected chi connectivity index (χ4v) is 3.18. The van der Waals surface area contributed by atoms with Crippen LogP contribution in [0.25, 0.3) is 0 Å². The fraction of sp³-hybridized carbons (Fsp3) is 0.231. The standard InChI is InChI=1S/C13H13Br2NO2/c1-17-13-10(4-11(14)5-12(13)15)7-16-6-9-2-3-18-8-9/h2-5,8,16H,6-7H2,1H3. The highest BCUT2D eigenvalue weighted by atomic mass is 79.9. The van der Waals surface area contributed by atoms with E-state index < -0.39 is 0 Å². The van der Waals surface area contributed by atoms with E-state index >= 15 is 0 Å². The van der Waals surface area contributed by atoms with Gasteiger partial charge in [0.05, 0.1) is 24.1 Å². The summed E-state index contributed by atoms with van der Waals surface area (Å²) in [5.41, 5.74) is 2.23. The van der Waals surface area contributed by atoms with Crippen LogP contribution in [-0.4, -0.2) is 7.11 Å². The van der Waals surface area contributed by atoms with Gasteiger partial charge in [-0.05, 0) is 34.1 Å².